The van der Waals surface area contributed by atoms with Crippen molar-refractivity contribution in [3.8, 4) is 0 Å². The number of carbonyl (C=O) groups is 2. The second-order valence-electron chi connectivity index (χ2n) is 5.56. The molecule has 2 rings (SSSR count). The molecular weight excluding hydrogens is 284 g/mol. The van der Waals surface area contributed by atoms with E-state index in [1.54, 1.807) is 0 Å². The van der Waals surface area contributed by atoms with Gasteiger partial charge in [-0.05, 0) is 18.3 Å². The summed E-state index contributed by atoms with van der Waals surface area (Å²) in [7, 11) is -1.97. The highest BCUT2D eigenvalue weighted by molar-refractivity contribution is 7.91. The number of hydrogen-bond acceptors (Lipinski definition) is 5. The molecule has 2 amide bonds. The van der Waals surface area contributed by atoms with E-state index in [9.17, 15) is 18.0 Å². The van der Waals surface area contributed by atoms with Crippen molar-refractivity contribution in [2.75, 3.05) is 38.2 Å². The Bertz CT molecular complexity index is 498. The summed E-state index contributed by atoms with van der Waals surface area (Å²) in [6, 6.07) is -0.212. The summed E-state index contributed by atoms with van der Waals surface area (Å²) in [6.07, 6.45) is 1.64. The third-order valence-electron chi connectivity index (χ3n) is 3.85. The zero-order chi connectivity index (χ0) is 14.8. The maximum atomic E-state index is 12.1. The first-order valence-corrected chi connectivity index (χ1v) is 8.48. The van der Waals surface area contributed by atoms with E-state index in [1.807, 2.05) is 0 Å². The van der Waals surface area contributed by atoms with E-state index in [0.29, 0.717) is 13.1 Å². The van der Waals surface area contributed by atoms with Gasteiger partial charge in [-0.1, -0.05) is 0 Å². The lowest BCUT2D eigenvalue weighted by Gasteiger charge is -2.17. The molecule has 0 spiro atoms. The normalized spacial score (nSPS) is 20.6. The van der Waals surface area contributed by atoms with E-state index in [0.717, 1.165) is 12.8 Å². The van der Waals surface area contributed by atoms with E-state index in [4.69, 9.17) is 0 Å². The fourth-order valence-corrected chi connectivity index (χ4v) is 4.41. The number of nitrogens with one attached hydrogen (secondary N) is 1. The Morgan fingerprint density at radius 1 is 1.45 bits per heavy atom. The quantitative estimate of drug-likeness (QED) is 0.656. The van der Waals surface area contributed by atoms with Gasteiger partial charge in [-0.3, -0.25) is 4.79 Å². The third kappa shape index (κ3) is 3.84. The van der Waals surface area contributed by atoms with Crippen LogP contribution in [0.3, 0.4) is 0 Å². The molecule has 1 saturated heterocycles. The Labute approximate surface area is 118 Å². The fraction of sp³-hybridized carbons (Fsp3) is 0.833. The first-order chi connectivity index (χ1) is 9.36. The number of carbonyl (C=O) groups excluding carboxylic acids is 2. The summed E-state index contributed by atoms with van der Waals surface area (Å²) in [5, 5.41) is 2.63. The summed E-state index contributed by atoms with van der Waals surface area (Å²) < 4.78 is 28.8. The molecule has 0 radical (unpaired) electrons. The van der Waals surface area contributed by atoms with Crippen LogP contribution in [-0.4, -0.2) is 63.6 Å². The summed E-state index contributed by atoms with van der Waals surface area (Å²) in [4.78, 5) is 24.1. The molecule has 1 aliphatic heterocycles. The monoisotopic (exact) mass is 304 g/mol. The number of nitrogens with zero attached hydrogens (tertiary/aromatic N) is 1. The van der Waals surface area contributed by atoms with Crippen LogP contribution in [0, 0.1) is 5.41 Å². The van der Waals surface area contributed by atoms with E-state index < -0.39 is 15.3 Å². The molecule has 0 aromatic carbocycles. The molecule has 0 aromatic heterocycles. The SMILES string of the molecule is COC(=O)CC1(CS(=O)(=O)CCN2CCNC2=O)CC1. The van der Waals surface area contributed by atoms with Gasteiger partial charge in [0.25, 0.3) is 0 Å². The van der Waals surface area contributed by atoms with Crippen molar-refractivity contribution in [1.29, 1.82) is 0 Å². The van der Waals surface area contributed by atoms with Gasteiger partial charge in [0.15, 0.2) is 9.84 Å². The molecule has 7 nitrogen and oxygen atoms in total. The Morgan fingerprint density at radius 3 is 2.65 bits per heavy atom. The minimum absolute atomic E-state index is 0.00452. The number of methoxy groups -OCH3 is 1. The first kappa shape index (κ1) is 15.1. The zero-order valence-electron chi connectivity index (χ0n) is 11.6. The van der Waals surface area contributed by atoms with Crippen molar-refractivity contribution in [3.63, 3.8) is 0 Å². The van der Waals surface area contributed by atoms with Gasteiger partial charge >= 0.3 is 12.0 Å². The van der Waals surface area contributed by atoms with Crippen LogP contribution in [0.4, 0.5) is 4.79 Å². The molecule has 1 saturated carbocycles. The van der Waals surface area contributed by atoms with Gasteiger partial charge in [0.1, 0.15) is 0 Å². The van der Waals surface area contributed by atoms with E-state index in [1.165, 1.54) is 12.0 Å². The van der Waals surface area contributed by atoms with Gasteiger partial charge in [0, 0.05) is 19.6 Å². The molecule has 0 bridgehead atoms. The minimum atomic E-state index is -3.27. The average Bonchev–Trinajstić information content (AvgIpc) is 2.97. The highest BCUT2D eigenvalue weighted by Crippen LogP contribution is 2.50. The maximum Gasteiger partial charge on any atom is 0.317 e. The predicted molar refractivity (Wildman–Crippen MR) is 71.9 cm³/mol. The molecule has 8 heteroatoms. The van der Waals surface area contributed by atoms with Crippen LogP contribution < -0.4 is 5.32 Å². The molecule has 114 valence electrons. The molecule has 20 heavy (non-hydrogen) atoms. The van der Waals surface area contributed by atoms with Crippen molar-refractivity contribution in [2.24, 2.45) is 5.41 Å². The molecule has 1 N–H and O–H groups in total. The summed E-state index contributed by atoms with van der Waals surface area (Å²) in [5.74, 6) is -0.412. The van der Waals surface area contributed by atoms with Crippen LogP contribution in [-0.2, 0) is 19.4 Å². The lowest BCUT2D eigenvalue weighted by atomic mass is 10.1. The van der Waals surface area contributed by atoms with Gasteiger partial charge in [-0.25, -0.2) is 13.2 Å². The van der Waals surface area contributed by atoms with E-state index in [-0.39, 0.29) is 36.5 Å². The number of amides is 2. The highest BCUT2D eigenvalue weighted by atomic mass is 32.2. The predicted octanol–water partition coefficient (Wildman–Crippen LogP) is -0.230. The van der Waals surface area contributed by atoms with E-state index in [2.05, 4.69) is 10.1 Å². The number of hydrogen-bond donors (Lipinski definition) is 1. The van der Waals surface area contributed by atoms with Crippen molar-refractivity contribution in [2.45, 2.75) is 19.3 Å². The number of urea groups is 1. The van der Waals surface area contributed by atoms with Crippen LogP contribution in [0.25, 0.3) is 0 Å². The summed E-state index contributed by atoms with van der Waals surface area (Å²) >= 11 is 0. The van der Waals surface area contributed by atoms with Gasteiger partial charge in [-0.2, -0.15) is 0 Å². The second kappa shape index (κ2) is 5.59. The molecule has 1 aliphatic carbocycles. The largest absolute Gasteiger partial charge is 0.469 e. The van der Waals surface area contributed by atoms with Gasteiger partial charge in [0.2, 0.25) is 0 Å². The van der Waals surface area contributed by atoms with Gasteiger partial charge in [-0.15, -0.1) is 0 Å². The highest BCUT2D eigenvalue weighted by Gasteiger charge is 2.47. The molecule has 0 unspecified atom stereocenters. The number of esters is 1. The maximum absolute atomic E-state index is 12.1. The number of sulfone groups is 1. The van der Waals surface area contributed by atoms with Crippen LogP contribution in [0.1, 0.15) is 19.3 Å². The zero-order valence-corrected chi connectivity index (χ0v) is 12.4. The average molecular weight is 304 g/mol. The number of rotatable bonds is 7. The molecule has 2 fully saturated rings. The Morgan fingerprint density at radius 2 is 2.15 bits per heavy atom. The van der Waals surface area contributed by atoms with Crippen molar-refractivity contribution in [1.82, 2.24) is 10.2 Å². The molecule has 0 aromatic rings. The third-order valence-corrected chi connectivity index (χ3v) is 5.70. The van der Waals surface area contributed by atoms with Gasteiger partial charge < -0.3 is 15.0 Å². The Hall–Kier alpha value is -1.31. The van der Waals surface area contributed by atoms with Crippen molar-refractivity contribution < 1.29 is 22.7 Å². The molecular formula is C12H20N2O5S. The first-order valence-electron chi connectivity index (χ1n) is 6.66. The fourth-order valence-electron chi connectivity index (χ4n) is 2.44. The lowest BCUT2D eigenvalue weighted by molar-refractivity contribution is -0.141. The topological polar surface area (TPSA) is 92.8 Å². The summed E-state index contributed by atoms with van der Waals surface area (Å²) in [6.45, 7) is 1.31. The lowest BCUT2D eigenvalue weighted by Crippen LogP contribution is -2.34. The van der Waals surface area contributed by atoms with E-state index >= 15 is 0 Å². The van der Waals surface area contributed by atoms with Crippen LogP contribution >= 0.6 is 0 Å². The second-order valence-corrected chi connectivity index (χ2v) is 7.75. The van der Waals surface area contributed by atoms with Crippen LogP contribution in [0.15, 0.2) is 0 Å². The van der Waals surface area contributed by atoms with Crippen LogP contribution in [0.2, 0.25) is 0 Å². The number of ether oxygens (including phenoxy) is 1. The Kier molecular flexibility index (Phi) is 4.22. The summed E-state index contributed by atoms with van der Waals surface area (Å²) in [5.41, 5.74) is -0.431. The smallest absolute Gasteiger partial charge is 0.317 e. The molecule has 1 heterocycles. The van der Waals surface area contributed by atoms with Crippen molar-refractivity contribution >= 4 is 21.8 Å². The molecule has 2 aliphatic rings. The Balaban J connectivity index is 1.84. The van der Waals surface area contributed by atoms with Crippen LogP contribution in [0.5, 0.6) is 0 Å². The van der Waals surface area contributed by atoms with Crippen molar-refractivity contribution in [3.05, 3.63) is 0 Å². The standard InChI is InChI=1S/C12H20N2O5S/c1-19-10(15)8-12(2-3-12)9-20(17,18)7-6-14-5-4-13-11(14)16/h2-9H2,1H3,(H,13,16). The molecule has 0 atom stereocenters. The van der Waals surface area contributed by atoms with Gasteiger partial charge in [0.05, 0.1) is 25.0 Å². The minimum Gasteiger partial charge on any atom is -0.469 e.